The van der Waals surface area contributed by atoms with Crippen molar-refractivity contribution >= 4 is 28.6 Å². The van der Waals surface area contributed by atoms with E-state index in [1.165, 1.54) is 0 Å². The molecule has 27 heavy (non-hydrogen) atoms. The van der Waals surface area contributed by atoms with Gasteiger partial charge in [-0.05, 0) is 37.5 Å². The Kier molecular flexibility index (Phi) is 5.80. The van der Waals surface area contributed by atoms with Gasteiger partial charge in [0.15, 0.2) is 0 Å². The summed E-state index contributed by atoms with van der Waals surface area (Å²) in [6.45, 7) is 2.13. The molecule has 2 heterocycles. The van der Waals surface area contributed by atoms with E-state index >= 15 is 0 Å². The van der Waals surface area contributed by atoms with Crippen LogP contribution < -0.4 is 16.6 Å². The number of aryl methyl sites for hydroxylation is 1. The fourth-order valence-corrected chi connectivity index (χ4v) is 3.38. The fraction of sp³-hybridized carbons (Fsp3) is 0.333. The average Bonchev–Trinajstić information content (AvgIpc) is 3.07. The Balaban J connectivity index is 1.96. The van der Waals surface area contributed by atoms with Gasteiger partial charge in [0, 0.05) is 17.8 Å². The van der Waals surface area contributed by atoms with E-state index < -0.39 is 17.3 Å². The van der Waals surface area contributed by atoms with Crippen molar-refractivity contribution in [1.82, 2.24) is 25.1 Å². The highest BCUT2D eigenvalue weighted by atomic mass is 32.2. The van der Waals surface area contributed by atoms with Crippen LogP contribution in [0.3, 0.4) is 0 Å². The van der Waals surface area contributed by atoms with Crippen molar-refractivity contribution in [2.45, 2.75) is 25.9 Å². The van der Waals surface area contributed by atoms with Crippen molar-refractivity contribution < 1.29 is 4.79 Å². The van der Waals surface area contributed by atoms with Crippen molar-refractivity contribution in [3.05, 3.63) is 62.6 Å². The summed E-state index contributed by atoms with van der Waals surface area (Å²) in [5.74, 6) is 0.272. The lowest BCUT2D eigenvalue weighted by Crippen LogP contribution is -2.44. The largest absolute Gasteiger partial charge is 0.350 e. The number of thioether (sulfide) groups is 1. The summed E-state index contributed by atoms with van der Waals surface area (Å²) >= 11 is 1.55. The van der Waals surface area contributed by atoms with Crippen LogP contribution in [0.25, 0.3) is 10.9 Å². The maximum atomic E-state index is 12.9. The van der Waals surface area contributed by atoms with E-state index in [1.807, 2.05) is 13.2 Å². The number of nitrogens with one attached hydrogen (secondary N) is 3. The summed E-state index contributed by atoms with van der Waals surface area (Å²) in [6, 6.07) is 5.90. The second-order valence-corrected chi connectivity index (χ2v) is 7.17. The smallest absolute Gasteiger partial charge is 0.329 e. The van der Waals surface area contributed by atoms with Gasteiger partial charge in [-0.2, -0.15) is 16.9 Å². The number of aromatic nitrogens is 4. The van der Waals surface area contributed by atoms with Crippen LogP contribution in [0.5, 0.6) is 0 Å². The van der Waals surface area contributed by atoms with Crippen LogP contribution in [0.2, 0.25) is 0 Å². The molecular formula is C18H21N5O3S. The fourth-order valence-electron chi connectivity index (χ4n) is 2.92. The molecule has 0 saturated heterocycles. The molecule has 1 unspecified atom stereocenters. The molecule has 0 aliphatic heterocycles. The van der Waals surface area contributed by atoms with Crippen LogP contribution in [0.4, 0.5) is 0 Å². The first-order chi connectivity index (χ1) is 13.0. The van der Waals surface area contributed by atoms with E-state index in [1.54, 1.807) is 42.2 Å². The van der Waals surface area contributed by atoms with Gasteiger partial charge in [0.2, 0.25) is 5.91 Å². The molecule has 2 aromatic heterocycles. The van der Waals surface area contributed by atoms with Crippen LogP contribution in [0.1, 0.15) is 23.7 Å². The zero-order valence-corrected chi connectivity index (χ0v) is 15.9. The molecule has 0 aliphatic rings. The highest BCUT2D eigenvalue weighted by Crippen LogP contribution is 2.14. The van der Waals surface area contributed by atoms with E-state index in [2.05, 4.69) is 20.5 Å². The van der Waals surface area contributed by atoms with Gasteiger partial charge in [0.25, 0.3) is 5.56 Å². The Morgan fingerprint density at radius 2 is 2.11 bits per heavy atom. The summed E-state index contributed by atoms with van der Waals surface area (Å²) in [5, 5.41) is 9.93. The number of nitrogens with zero attached hydrogens (tertiary/aromatic N) is 2. The van der Waals surface area contributed by atoms with E-state index in [4.69, 9.17) is 0 Å². The number of amides is 1. The molecule has 1 aromatic carbocycles. The lowest BCUT2D eigenvalue weighted by Gasteiger charge is -2.18. The third-order valence-corrected chi connectivity index (χ3v) is 5.08. The minimum atomic E-state index is -0.884. The molecule has 1 atom stereocenters. The molecule has 3 N–H and O–H groups in total. The first kappa shape index (κ1) is 19.0. The summed E-state index contributed by atoms with van der Waals surface area (Å²) in [5.41, 5.74) is 1.12. The van der Waals surface area contributed by atoms with Crippen LogP contribution in [-0.2, 0) is 11.3 Å². The number of aromatic amines is 2. The molecule has 142 valence electrons. The minimum Gasteiger partial charge on any atom is -0.350 e. The highest BCUT2D eigenvalue weighted by Gasteiger charge is 2.24. The first-order valence-electron chi connectivity index (χ1n) is 8.52. The van der Waals surface area contributed by atoms with Crippen LogP contribution in [0.15, 0.2) is 40.1 Å². The molecule has 3 rings (SSSR count). The van der Waals surface area contributed by atoms with E-state index in [0.29, 0.717) is 23.1 Å². The van der Waals surface area contributed by atoms with Crippen molar-refractivity contribution in [2.75, 3.05) is 12.0 Å². The van der Waals surface area contributed by atoms with Crippen molar-refractivity contribution in [3.8, 4) is 0 Å². The summed E-state index contributed by atoms with van der Waals surface area (Å²) in [7, 11) is 0. The third kappa shape index (κ3) is 3.97. The lowest BCUT2D eigenvalue weighted by atomic mass is 10.1. The first-order valence-corrected chi connectivity index (χ1v) is 9.91. The maximum Gasteiger partial charge on any atom is 0.329 e. The van der Waals surface area contributed by atoms with Gasteiger partial charge in [-0.1, -0.05) is 12.1 Å². The summed E-state index contributed by atoms with van der Waals surface area (Å²) in [4.78, 5) is 41.0. The number of benzene rings is 1. The van der Waals surface area contributed by atoms with Gasteiger partial charge >= 0.3 is 5.69 Å². The molecule has 0 saturated carbocycles. The normalized spacial score (nSPS) is 12.2. The zero-order chi connectivity index (χ0) is 19.4. The summed E-state index contributed by atoms with van der Waals surface area (Å²) in [6.07, 6.45) is 3.93. The SMILES string of the molecule is CSCCC(C(=O)NCc1cn[nH]c1C)n1c(=O)[nH]c2ccccc2c1=O. The molecule has 8 nitrogen and oxygen atoms in total. The van der Waals surface area contributed by atoms with Gasteiger partial charge in [-0.3, -0.25) is 14.7 Å². The van der Waals surface area contributed by atoms with E-state index in [9.17, 15) is 14.4 Å². The molecule has 9 heteroatoms. The third-order valence-electron chi connectivity index (χ3n) is 4.43. The van der Waals surface area contributed by atoms with Gasteiger partial charge < -0.3 is 10.3 Å². The van der Waals surface area contributed by atoms with Crippen LogP contribution in [0, 0.1) is 6.92 Å². The monoisotopic (exact) mass is 387 g/mol. The number of hydrogen-bond acceptors (Lipinski definition) is 5. The zero-order valence-electron chi connectivity index (χ0n) is 15.1. The van der Waals surface area contributed by atoms with Gasteiger partial charge in [-0.15, -0.1) is 0 Å². The van der Waals surface area contributed by atoms with Crippen molar-refractivity contribution in [3.63, 3.8) is 0 Å². The van der Waals surface area contributed by atoms with Gasteiger partial charge in [0.05, 0.1) is 17.1 Å². The minimum absolute atomic E-state index is 0.275. The Hall–Kier alpha value is -2.81. The number of H-pyrrole nitrogens is 2. The predicted molar refractivity (Wildman–Crippen MR) is 106 cm³/mol. The van der Waals surface area contributed by atoms with Crippen molar-refractivity contribution in [2.24, 2.45) is 0 Å². The number of para-hydroxylation sites is 1. The van der Waals surface area contributed by atoms with Crippen molar-refractivity contribution in [1.29, 1.82) is 0 Å². The number of rotatable bonds is 7. The number of hydrogen-bond donors (Lipinski definition) is 3. The Labute approximate surface area is 159 Å². The number of fused-ring (bicyclic) bond motifs is 1. The molecule has 0 aliphatic carbocycles. The molecule has 0 radical (unpaired) electrons. The molecular weight excluding hydrogens is 366 g/mol. The maximum absolute atomic E-state index is 12.9. The molecule has 0 spiro atoms. The van der Waals surface area contributed by atoms with Gasteiger partial charge in [0.1, 0.15) is 6.04 Å². The number of carbonyl (C=O) groups is 1. The second-order valence-electron chi connectivity index (χ2n) is 6.19. The Morgan fingerprint density at radius 3 is 2.81 bits per heavy atom. The van der Waals surface area contributed by atoms with E-state index in [-0.39, 0.29) is 12.5 Å². The second kappa shape index (κ2) is 8.26. The molecule has 0 fully saturated rings. The average molecular weight is 387 g/mol. The molecule has 1 amide bonds. The molecule has 0 bridgehead atoms. The van der Waals surface area contributed by atoms with Crippen LogP contribution >= 0.6 is 11.8 Å². The van der Waals surface area contributed by atoms with Gasteiger partial charge in [-0.25, -0.2) is 9.36 Å². The number of carbonyl (C=O) groups excluding carboxylic acids is 1. The summed E-state index contributed by atoms with van der Waals surface area (Å²) < 4.78 is 1.02. The Morgan fingerprint density at radius 1 is 1.33 bits per heavy atom. The predicted octanol–water partition coefficient (Wildman–Crippen LogP) is 1.33. The highest BCUT2D eigenvalue weighted by molar-refractivity contribution is 7.98. The lowest BCUT2D eigenvalue weighted by molar-refractivity contribution is -0.124. The van der Waals surface area contributed by atoms with E-state index in [0.717, 1.165) is 15.8 Å². The Bertz CT molecular complexity index is 1070. The standard InChI is InChI=1S/C18H21N5O3S/c1-11-12(10-20-22-11)9-19-16(24)15(7-8-27-2)23-17(25)13-5-3-4-6-14(13)21-18(23)26/h3-6,10,15H,7-9H2,1-2H3,(H,19,24)(H,20,22)(H,21,26). The quantitative estimate of drug-likeness (QED) is 0.566. The van der Waals surface area contributed by atoms with Crippen LogP contribution in [-0.4, -0.2) is 37.7 Å². The topological polar surface area (TPSA) is 113 Å². The molecule has 3 aromatic rings.